The average molecular weight is 185 g/mol. The fourth-order valence-electron chi connectivity index (χ4n) is 1.99. The molecule has 1 aliphatic carbocycles. The molecule has 1 aliphatic rings. The van der Waals surface area contributed by atoms with Gasteiger partial charge in [0.25, 0.3) is 0 Å². The van der Waals surface area contributed by atoms with Crippen molar-refractivity contribution in [1.82, 2.24) is 0 Å². The molecule has 2 heteroatoms. The zero-order chi connectivity index (χ0) is 9.52. The van der Waals surface area contributed by atoms with Crippen LogP contribution in [0.1, 0.15) is 51.4 Å². The Hall–Kier alpha value is -0.0800. The summed E-state index contributed by atoms with van der Waals surface area (Å²) in [6.45, 7) is 0.252. The molecule has 1 saturated carbocycles. The number of hydrogen-bond donors (Lipinski definition) is 2. The largest absolute Gasteiger partial charge is 0.396 e. The third-order valence-corrected chi connectivity index (χ3v) is 2.85. The minimum atomic E-state index is -0.188. The van der Waals surface area contributed by atoms with Crippen LogP contribution in [0.15, 0.2) is 0 Å². The van der Waals surface area contributed by atoms with Crippen LogP contribution in [-0.2, 0) is 0 Å². The maximum atomic E-state index is 9.78. The fourth-order valence-corrected chi connectivity index (χ4v) is 1.99. The minimum Gasteiger partial charge on any atom is -0.396 e. The predicted molar refractivity (Wildman–Crippen MR) is 53.3 cm³/mol. The molecule has 0 amide bonds. The van der Waals surface area contributed by atoms with Gasteiger partial charge in [-0.15, -0.1) is 0 Å². The van der Waals surface area contributed by atoms with Crippen molar-refractivity contribution < 1.29 is 10.2 Å². The Morgan fingerprint density at radius 3 is 2.38 bits per heavy atom. The second kappa shape index (κ2) is 6.39. The van der Waals surface area contributed by atoms with Crippen molar-refractivity contribution in [2.45, 2.75) is 57.5 Å². The molecule has 1 fully saturated rings. The SMILES string of the molecule is OCCCCC(O)[C]1CCCCC1. The molecule has 2 N–H and O–H groups in total. The van der Waals surface area contributed by atoms with E-state index in [0.717, 1.165) is 32.1 Å². The van der Waals surface area contributed by atoms with Gasteiger partial charge >= 0.3 is 0 Å². The topological polar surface area (TPSA) is 40.5 Å². The summed E-state index contributed by atoms with van der Waals surface area (Å²) >= 11 is 0. The van der Waals surface area contributed by atoms with E-state index in [9.17, 15) is 5.11 Å². The van der Waals surface area contributed by atoms with E-state index in [1.165, 1.54) is 25.2 Å². The van der Waals surface area contributed by atoms with Crippen LogP contribution in [0.2, 0.25) is 0 Å². The maximum Gasteiger partial charge on any atom is 0.0602 e. The van der Waals surface area contributed by atoms with Gasteiger partial charge in [0.05, 0.1) is 6.10 Å². The number of unbranched alkanes of at least 4 members (excludes halogenated alkanes) is 1. The van der Waals surface area contributed by atoms with E-state index in [-0.39, 0.29) is 12.7 Å². The maximum absolute atomic E-state index is 9.78. The average Bonchev–Trinajstić information content (AvgIpc) is 2.19. The van der Waals surface area contributed by atoms with Gasteiger partial charge in [0.1, 0.15) is 0 Å². The molecule has 0 heterocycles. The summed E-state index contributed by atoms with van der Waals surface area (Å²) in [4.78, 5) is 0. The third kappa shape index (κ3) is 4.10. The van der Waals surface area contributed by atoms with E-state index >= 15 is 0 Å². The van der Waals surface area contributed by atoms with Crippen molar-refractivity contribution in [3.8, 4) is 0 Å². The Labute approximate surface area is 81.0 Å². The quantitative estimate of drug-likeness (QED) is 0.643. The molecular weight excluding hydrogens is 164 g/mol. The molecule has 0 aromatic rings. The van der Waals surface area contributed by atoms with Crippen LogP contribution >= 0.6 is 0 Å². The Morgan fingerprint density at radius 1 is 1.08 bits per heavy atom. The molecule has 0 aliphatic heterocycles. The summed E-state index contributed by atoms with van der Waals surface area (Å²) in [5.41, 5.74) is 0. The number of aliphatic hydroxyl groups is 2. The monoisotopic (exact) mass is 185 g/mol. The smallest absolute Gasteiger partial charge is 0.0602 e. The lowest BCUT2D eigenvalue weighted by Crippen LogP contribution is -2.20. The van der Waals surface area contributed by atoms with E-state index in [1.54, 1.807) is 0 Å². The molecule has 1 rings (SSSR count). The molecule has 77 valence electrons. The Morgan fingerprint density at radius 2 is 1.77 bits per heavy atom. The molecular formula is C11H21O2. The van der Waals surface area contributed by atoms with E-state index in [4.69, 9.17) is 5.11 Å². The van der Waals surface area contributed by atoms with Crippen molar-refractivity contribution in [1.29, 1.82) is 0 Å². The van der Waals surface area contributed by atoms with Crippen molar-refractivity contribution in [2.75, 3.05) is 6.61 Å². The van der Waals surface area contributed by atoms with Crippen molar-refractivity contribution in [2.24, 2.45) is 0 Å². The molecule has 1 atom stereocenters. The standard InChI is InChI=1S/C11H21O2/c12-9-5-4-8-11(13)10-6-2-1-3-7-10/h11-13H,1-9H2. The highest BCUT2D eigenvalue weighted by Gasteiger charge is 2.21. The molecule has 1 radical (unpaired) electrons. The van der Waals surface area contributed by atoms with Gasteiger partial charge in [0.2, 0.25) is 0 Å². The molecule has 0 bridgehead atoms. The summed E-state index contributed by atoms with van der Waals surface area (Å²) in [6, 6.07) is 0. The molecule has 13 heavy (non-hydrogen) atoms. The second-order valence-corrected chi connectivity index (χ2v) is 3.95. The van der Waals surface area contributed by atoms with Crippen molar-refractivity contribution >= 4 is 0 Å². The first-order valence-corrected chi connectivity index (χ1v) is 5.48. The van der Waals surface area contributed by atoms with Crippen LogP contribution < -0.4 is 0 Å². The summed E-state index contributed by atoms with van der Waals surface area (Å²) < 4.78 is 0. The molecule has 0 aromatic heterocycles. The van der Waals surface area contributed by atoms with Crippen LogP contribution in [-0.4, -0.2) is 22.9 Å². The highest BCUT2D eigenvalue weighted by atomic mass is 16.3. The summed E-state index contributed by atoms with van der Waals surface area (Å²) in [5, 5.41) is 18.4. The fraction of sp³-hybridized carbons (Fsp3) is 0.909. The van der Waals surface area contributed by atoms with Gasteiger partial charge in [0.15, 0.2) is 0 Å². The van der Waals surface area contributed by atoms with Crippen LogP contribution in [0.3, 0.4) is 0 Å². The highest BCUT2D eigenvalue weighted by molar-refractivity contribution is 4.98. The Balaban J connectivity index is 2.09. The first kappa shape index (κ1) is 11.0. The summed E-state index contributed by atoms with van der Waals surface area (Å²) in [6.07, 6.45) is 8.51. The van der Waals surface area contributed by atoms with Gasteiger partial charge in [0, 0.05) is 12.5 Å². The van der Waals surface area contributed by atoms with Gasteiger partial charge < -0.3 is 10.2 Å². The van der Waals surface area contributed by atoms with Crippen LogP contribution in [0.4, 0.5) is 0 Å². The molecule has 2 nitrogen and oxygen atoms in total. The van der Waals surface area contributed by atoms with Crippen LogP contribution in [0.25, 0.3) is 0 Å². The Bertz CT molecular complexity index is 119. The van der Waals surface area contributed by atoms with Gasteiger partial charge in [-0.05, 0) is 32.1 Å². The molecule has 0 spiro atoms. The van der Waals surface area contributed by atoms with Gasteiger partial charge in [-0.25, -0.2) is 0 Å². The first-order chi connectivity index (χ1) is 6.34. The lowest BCUT2D eigenvalue weighted by molar-refractivity contribution is 0.151. The number of aliphatic hydroxyl groups excluding tert-OH is 2. The van der Waals surface area contributed by atoms with E-state index in [0.29, 0.717) is 0 Å². The van der Waals surface area contributed by atoms with Crippen molar-refractivity contribution in [3.05, 3.63) is 5.92 Å². The first-order valence-electron chi connectivity index (χ1n) is 5.48. The highest BCUT2D eigenvalue weighted by Crippen LogP contribution is 2.30. The lowest BCUT2D eigenvalue weighted by Gasteiger charge is -2.25. The van der Waals surface area contributed by atoms with Gasteiger partial charge in [-0.3, -0.25) is 0 Å². The second-order valence-electron chi connectivity index (χ2n) is 3.95. The molecule has 1 unspecified atom stereocenters. The lowest BCUT2D eigenvalue weighted by atomic mass is 9.83. The zero-order valence-electron chi connectivity index (χ0n) is 8.34. The van der Waals surface area contributed by atoms with Crippen LogP contribution in [0, 0.1) is 5.92 Å². The summed E-state index contributed by atoms with van der Waals surface area (Å²) in [7, 11) is 0. The molecule has 0 saturated heterocycles. The third-order valence-electron chi connectivity index (χ3n) is 2.85. The van der Waals surface area contributed by atoms with Crippen molar-refractivity contribution in [3.63, 3.8) is 0 Å². The van der Waals surface area contributed by atoms with Gasteiger partial charge in [-0.1, -0.05) is 19.3 Å². The van der Waals surface area contributed by atoms with E-state index in [2.05, 4.69) is 0 Å². The normalized spacial score (nSPS) is 21.7. The summed E-state index contributed by atoms with van der Waals surface area (Å²) in [5.74, 6) is 1.35. The van der Waals surface area contributed by atoms with E-state index in [1.807, 2.05) is 0 Å². The Kier molecular flexibility index (Phi) is 5.40. The van der Waals surface area contributed by atoms with Gasteiger partial charge in [-0.2, -0.15) is 0 Å². The zero-order valence-corrected chi connectivity index (χ0v) is 8.34. The number of hydrogen-bond acceptors (Lipinski definition) is 2. The molecule has 0 aromatic carbocycles. The van der Waals surface area contributed by atoms with Crippen LogP contribution in [0.5, 0.6) is 0 Å². The predicted octanol–water partition coefficient (Wildman–Crippen LogP) is 2.05. The van der Waals surface area contributed by atoms with E-state index < -0.39 is 0 Å². The number of rotatable bonds is 5. The minimum absolute atomic E-state index is 0.188.